The minimum atomic E-state index is -1.14. The van der Waals surface area contributed by atoms with Gasteiger partial charge in [0.1, 0.15) is 5.41 Å². The van der Waals surface area contributed by atoms with Gasteiger partial charge in [0.05, 0.1) is 12.6 Å². The smallest absolute Gasteiger partial charge is 0.313 e. The molecule has 0 spiro atoms. The number of aliphatic hydroxyl groups excluding tert-OH is 1. The van der Waals surface area contributed by atoms with E-state index < -0.39 is 17.5 Å². The summed E-state index contributed by atoms with van der Waals surface area (Å²) in [5, 5.41) is 23.1. The van der Waals surface area contributed by atoms with E-state index in [0.29, 0.717) is 31.8 Å². The van der Waals surface area contributed by atoms with Crippen LogP contribution in [0, 0.1) is 11.3 Å². The number of piperidine rings is 1. The molecule has 2 atom stereocenters. The Morgan fingerprint density at radius 2 is 1.92 bits per heavy atom. The van der Waals surface area contributed by atoms with Gasteiger partial charge in [-0.25, -0.2) is 0 Å². The highest BCUT2D eigenvalue weighted by atomic mass is 16.4. The molecule has 1 aliphatic carbocycles. The van der Waals surface area contributed by atoms with Crippen LogP contribution >= 0.6 is 0 Å². The molecular formula is C20H28N2O4. The Kier molecular flexibility index (Phi) is 5.94. The summed E-state index contributed by atoms with van der Waals surface area (Å²) in [7, 11) is 0. The maximum atomic E-state index is 12.2. The number of carboxylic acids is 1. The monoisotopic (exact) mass is 360 g/mol. The number of hydrogen-bond acceptors (Lipinski definition) is 4. The van der Waals surface area contributed by atoms with Crippen molar-refractivity contribution in [2.45, 2.75) is 38.2 Å². The van der Waals surface area contributed by atoms with Gasteiger partial charge in [-0.2, -0.15) is 0 Å². The minimum absolute atomic E-state index is 0.0944. The third-order valence-electron chi connectivity index (χ3n) is 5.58. The lowest BCUT2D eigenvalue weighted by atomic mass is 9.73. The van der Waals surface area contributed by atoms with E-state index in [0.717, 1.165) is 19.3 Å². The van der Waals surface area contributed by atoms with Crippen molar-refractivity contribution in [2.24, 2.45) is 11.3 Å². The van der Waals surface area contributed by atoms with Crippen molar-refractivity contribution < 1.29 is 19.8 Å². The van der Waals surface area contributed by atoms with E-state index in [2.05, 4.69) is 5.32 Å². The van der Waals surface area contributed by atoms with E-state index >= 15 is 0 Å². The first kappa shape index (κ1) is 18.9. The standard InChI is InChI=1S/C20H28N2O4/c23-17-9-11-22(14-20(17,19(25)26)12-16-6-7-16)13-18(24)21-10-8-15-4-2-1-3-5-15/h1-5,16-17,23H,6-14H2,(H,21,24)(H,25,26)/t17-,20+/m0/s1. The van der Waals surface area contributed by atoms with Crippen molar-refractivity contribution in [3.05, 3.63) is 35.9 Å². The third kappa shape index (κ3) is 4.62. The van der Waals surface area contributed by atoms with Gasteiger partial charge in [-0.3, -0.25) is 14.5 Å². The number of amides is 1. The molecule has 26 heavy (non-hydrogen) atoms. The zero-order chi connectivity index (χ0) is 18.6. The second-order valence-corrected chi connectivity index (χ2v) is 7.71. The van der Waals surface area contributed by atoms with Gasteiger partial charge in [0, 0.05) is 19.6 Å². The lowest BCUT2D eigenvalue weighted by molar-refractivity contribution is -0.165. The average Bonchev–Trinajstić information content (AvgIpc) is 3.42. The number of carbonyl (C=O) groups excluding carboxylic acids is 1. The summed E-state index contributed by atoms with van der Waals surface area (Å²) in [4.78, 5) is 26.0. The first-order valence-corrected chi connectivity index (χ1v) is 9.44. The molecule has 0 bridgehead atoms. The van der Waals surface area contributed by atoms with Crippen LogP contribution < -0.4 is 5.32 Å². The Hall–Kier alpha value is -1.92. The van der Waals surface area contributed by atoms with E-state index in [-0.39, 0.29) is 19.0 Å². The van der Waals surface area contributed by atoms with Gasteiger partial charge < -0.3 is 15.5 Å². The van der Waals surface area contributed by atoms with Gasteiger partial charge in [0.2, 0.25) is 5.91 Å². The van der Waals surface area contributed by atoms with Gasteiger partial charge in [-0.15, -0.1) is 0 Å². The van der Waals surface area contributed by atoms with E-state index in [1.807, 2.05) is 35.2 Å². The number of benzene rings is 1. The van der Waals surface area contributed by atoms with Gasteiger partial charge in [0.25, 0.3) is 0 Å². The largest absolute Gasteiger partial charge is 0.481 e. The molecule has 1 amide bonds. The van der Waals surface area contributed by atoms with Gasteiger partial charge in [0.15, 0.2) is 0 Å². The minimum Gasteiger partial charge on any atom is -0.481 e. The van der Waals surface area contributed by atoms with Crippen molar-refractivity contribution in [2.75, 3.05) is 26.2 Å². The molecule has 0 unspecified atom stereocenters. The molecule has 0 radical (unpaired) electrons. The van der Waals surface area contributed by atoms with Crippen LogP contribution in [0.2, 0.25) is 0 Å². The fourth-order valence-electron chi connectivity index (χ4n) is 3.88. The van der Waals surface area contributed by atoms with Gasteiger partial charge in [-0.05, 0) is 30.7 Å². The second-order valence-electron chi connectivity index (χ2n) is 7.71. The predicted molar refractivity (Wildman–Crippen MR) is 97.6 cm³/mol. The molecule has 6 nitrogen and oxygen atoms in total. The van der Waals surface area contributed by atoms with Crippen LogP contribution in [0.5, 0.6) is 0 Å². The number of rotatable bonds is 8. The molecule has 6 heteroatoms. The third-order valence-corrected chi connectivity index (χ3v) is 5.58. The molecule has 2 fully saturated rings. The Labute approximate surface area is 154 Å². The number of carboxylic acid groups (broad SMARTS) is 1. The zero-order valence-electron chi connectivity index (χ0n) is 15.1. The van der Waals surface area contributed by atoms with Crippen LogP contribution in [0.3, 0.4) is 0 Å². The summed E-state index contributed by atoms with van der Waals surface area (Å²) in [5.74, 6) is -0.630. The molecule has 0 aromatic heterocycles. The summed E-state index contributed by atoms with van der Waals surface area (Å²) >= 11 is 0. The first-order chi connectivity index (χ1) is 12.5. The summed E-state index contributed by atoms with van der Waals surface area (Å²) in [6, 6.07) is 9.96. The predicted octanol–water partition coefficient (Wildman–Crippen LogP) is 1.28. The number of carbonyl (C=O) groups is 2. The summed E-state index contributed by atoms with van der Waals surface area (Å²) in [6.45, 7) is 1.53. The molecule has 2 aliphatic rings. The summed E-state index contributed by atoms with van der Waals surface area (Å²) < 4.78 is 0. The fraction of sp³-hybridized carbons (Fsp3) is 0.600. The van der Waals surface area contributed by atoms with E-state index in [1.165, 1.54) is 5.56 Å². The van der Waals surface area contributed by atoms with Crippen LogP contribution in [-0.4, -0.2) is 59.3 Å². The normalized spacial score (nSPS) is 26.4. The van der Waals surface area contributed by atoms with Crippen molar-refractivity contribution in [1.82, 2.24) is 10.2 Å². The number of nitrogens with one attached hydrogen (secondary N) is 1. The molecular weight excluding hydrogens is 332 g/mol. The number of aliphatic carboxylic acids is 1. The molecule has 1 saturated carbocycles. The first-order valence-electron chi connectivity index (χ1n) is 9.44. The van der Waals surface area contributed by atoms with Crippen molar-refractivity contribution >= 4 is 11.9 Å². The molecule has 1 aliphatic heterocycles. The fourth-order valence-corrected chi connectivity index (χ4v) is 3.88. The highest BCUT2D eigenvalue weighted by Crippen LogP contribution is 2.45. The molecule has 1 saturated heterocycles. The van der Waals surface area contributed by atoms with Crippen LogP contribution in [0.15, 0.2) is 30.3 Å². The van der Waals surface area contributed by atoms with Crippen molar-refractivity contribution in [3.8, 4) is 0 Å². The number of hydrogen-bond donors (Lipinski definition) is 3. The number of nitrogens with zero attached hydrogens (tertiary/aromatic N) is 1. The zero-order valence-corrected chi connectivity index (χ0v) is 15.1. The maximum Gasteiger partial charge on any atom is 0.313 e. The van der Waals surface area contributed by atoms with Crippen molar-refractivity contribution in [1.29, 1.82) is 0 Å². The molecule has 1 heterocycles. The lowest BCUT2D eigenvalue weighted by Gasteiger charge is -2.43. The molecule has 142 valence electrons. The molecule has 3 N–H and O–H groups in total. The lowest BCUT2D eigenvalue weighted by Crippen LogP contribution is -2.57. The number of likely N-dealkylation sites (tertiary alicyclic amines) is 1. The Balaban J connectivity index is 1.50. The Morgan fingerprint density at radius 1 is 1.19 bits per heavy atom. The second kappa shape index (κ2) is 8.18. The quantitative estimate of drug-likeness (QED) is 0.650. The topological polar surface area (TPSA) is 89.9 Å². The van der Waals surface area contributed by atoms with E-state index in [4.69, 9.17) is 0 Å². The summed E-state index contributed by atoms with van der Waals surface area (Å²) in [5.41, 5.74) is 0.0345. The van der Waals surface area contributed by atoms with Crippen LogP contribution in [0.4, 0.5) is 0 Å². The maximum absolute atomic E-state index is 12.2. The summed E-state index contributed by atoms with van der Waals surface area (Å²) in [6.07, 6.45) is 2.93. The average molecular weight is 360 g/mol. The Morgan fingerprint density at radius 3 is 2.58 bits per heavy atom. The van der Waals surface area contributed by atoms with Crippen molar-refractivity contribution in [3.63, 3.8) is 0 Å². The Bertz CT molecular complexity index is 632. The highest BCUT2D eigenvalue weighted by Gasteiger charge is 2.51. The van der Waals surface area contributed by atoms with Crippen LogP contribution in [0.25, 0.3) is 0 Å². The van der Waals surface area contributed by atoms with Crippen LogP contribution in [0.1, 0.15) is 31.2 Å². The highest BCUT2D eigenvalue weighted by molar-refractivity contribution is 5.79. The van der Waals surface area contributed by atoms with E-state index in [1.54, 1.807) is 0 Å². The van der Waals surface area contributed by atoms with Crippen LogP contribution in [-0.2, 0) is 16.0 Å². The number of aliphatic hydroxyl groups is 1. The molecule has 3 rings (SSSR count). The molecule has 1 aromatic rings. The van der Waals surface area contributed by atoms with Gasteiger partial charge >= 0.3 is 5.97 Å². The van der Waals surface area contributed by atoms with Gasteiger partial charge in [-0.1, -0.05) is 43.2 Å². The SMILES string of the molecule is O=C(CN1CC[C@H](O)[C@](CC2CC2)(C(=O)O)C1)NCCc1ccccc1. The molecule has 1 aromatic carbocycles. The van der Waals surface area contributed by atoms with E-state index in [9.17, 15) is 19.8 Å².